The van der Waals surface area contributed by atoms with Crippen molar-refractivity contribution >= 4 is 11.7 Å². The van der Waals surface area contributed by atoms with E-state index in [0.29, 0.717) is 12.0 Å². The highest BCUT2D eigenvalue weighted by Gasteiger charge is 2.33. The maximum Gasteiger partial charge on any atom is 0.268 e. The van der Waals surface area contributed by atoms with Crippen LogP contribution in [-0.2, 0) is 14.4 Å². The maximum atomic E-state index is 11.4. The predicted octanol–water partition coefficient (Wildman–Crippen LogP) is 0.667. The molecule has 0 aliphatic carbocycles. The highest BCUT2D eigenvalue weighted by Crippen LogP contribution is 2.12. The summed E-state index contributed by atoms with van der Waals surface area (Å²) in [4.78, 5) is 27.7. The second-order valence-corrected chi connectivity index (χ2v) is 3.92. The average Bonchev–Trinajstić information content (AvgIpc) is 2.55. The molecule has 2 atom stereocenters. The lowest BCUT2D eigenvalue weighted by molar-refractivity contribution is -0.125. The minimum absolute atomic E-state index is 0.0105. The topological polar surface area (TPSA) is 67.4 Å². The molecule has 1 amide bonds. The molecule has 16 heavy (non-hydrogen) atoms. The zero-order valence-corrected chi connectivity index (χ0v) is 10.1. The van der Waals surface area contributed by atoms with Crippen LogP contribution in [0.2, 0.25) is 0 Å². The summed E-state index contributed by atoms with van der Waals surface area (Å²) in [5.41, 5.74) is 3.77. The van der Waals surface area contributed by atoms with E-state index < -0.39 is 6.04 Å². The van der Waals surface area contributed by atoms with E-state index in [0.717, 1.165) is 5.70 Å². The molecule has 0 aromatic carbocycles. The van der Waals surface area contributed by atoms with E-state index in [9.17, 15) is 9.59 Å². The van der Waals surface area contributed by atoms with Gasteiger partial charge in [-0.05, 0) is 27.2 Å². The van der Waals surface area contributed by atoms with Gasteiger partial charge in [-0.25, -0.2) is 5.48 Å². The first-order chi connectivity index (χ1) is 7.47. The van der Waals surface area contributed by atoms with E-state index in [1.807, 2.05) is 6.92 Å². The molecule has 1 aliphatic heterocycles. The van der Waals surface area contributed by atoms with Crippen LogP contribution in [0, 0.1) is 0 Å². The van der Waals surface area contributed by atoms with Gasteiger partial charge in [0.25, 0.3) is 5.91 Å². The average molecular weight is 226 g/mol. The van der Waals surface area contributed by atoms with Gasteiger partial charge >= 0.3 is 0 Å². The van der Waals surface area contributed by atoms with Gasteiger partial charge in [-0.15, -0.1) is 0 Å². The minimum Gasteiger partial charge on any atom is -0.375 e. The highest BCUT2D eigenvalue weighted by molar-refractivity contribution is 5.93. The molecular formula is C11H18N2O3. The number of carbonyl (C=O) groups excluding carboxylic acids is 2. The minimum atomic E-state index is -0.427. The maximum absolute atomic E-state index is 11.4. The summed E-state index contributed by atoms with van der Waals surface area (Å²) in [6.45, 7) is 7.01. The van der Waals surface area contributed by atoms with Crippen molar-refractivity contribution in [3.8, 4) is 0 Å². The van der Waals surface area contributed by atoms with Crippen LogP contribution in [0.15, 0.2) is 11.3 Å². The number of Topliss-reactive ketones (excluding diaryl/α,β-unsaturated/α-hetero) is 1. The zero-order valence-electron chi connectivity index (χ0n) is 10.1. The Hall–Kier alpha value is -1.36. The van der Waals surface area contributed by atoms with Crippen molar-refractivity contribution in [3.05, 3.63) is 11.3 Å². The van der Waals surface area contributed by atoms with E-state index >= 15 is 0 Å². The number of rotatable bonds is 4. The predicted molar refractivity (Wildman–Crippen MR) is 59.3 cm³/mol. The number of hydroxylamine groups is 1. The van der Waals surface area contributed by atoms with Crippen LogP contribution in [0.3, 0.4) is 0 Å². The van der Waals surface area contributed by atoms with Crippen molar-refractivity contribution in [2.75, 3.05) is 0 Å². The fourth-order valence-corrected chi connectivity index (χ4v) is 1.55. The molecule has 1 saturated heterocycles. The molecule has 0 spiro atoms. The molecule has 5 heteroatoms. The number of hydrogen-bond acceptors (Lipinski definition) is 4. The molecule has 2 unspecified atom stereocenters. The van der Waals surface area contributed by atoms with Crippen molar-refractivity contribution < 1.29 is 14.4 Å². The summed E-state index contributed by atoms with van der Waals surface area (Å²) in [6.07, 6.45) is 0.441. The molecule has 1 aliphatic rings. The van der Waals surface area contributed by atoms with Crippen LogP contribution < -0.4 is 10.8 Å². The van der Waals surface area contributed by atoms with E-state index in [2.05, 4.69) is 10.8 Å². The Kier molecular flexibility index (Phi) is 4.06. The van der Waals surface area contributed by atoms with Gasteiger partial charge in [0.2, 0.25) is 0 Å². The summed E-state index contributed by atoms with van der Waals surface area (Å²) in [5.74, 6) is -0.189. The normalized spacial score (nSPS) is 26.1. The fraction of sp³-hybridized carbons (Fsp3) is 0.636. The molecule has 0 bridgehead atoms. The largest absolute Gasteiger partial charge is 0.375 e. The molecule has 5 nitrogen and oxygen atoms in total. The van der Waals surface area contributed by atoms with Gasteiger partial charge < -0.3 is 5.32 Å². The number of hydrogen-bond donors (Lipinski definition) is 2. The number of nitrogens with one attached hydrogen (secondary N) is 2. The van der Waals surface area contributed by atoms with Gasteiger partial charge in [0, 0.05) is 11.3 Å². The second-order valence-electron chi connectivity index (χ2n) is 3.92. The summed E-state index contributed by atoms with van der Waals surface area (Å²) in [6, 6.07) is -0.427. The van der Waals surface area contributed by atoms with Crippen molar-refractivity contribution in [2.45, 2.75) is 46.3 Å². The third kappa shape index (κ3) is 2.61. The molecule has 0 aromatic rings. The Balaban J connectivity index is 2.81. The van der Waals surface area contributed by atoms with Crippen LogP contribution >= 0.6 is 0 Å². The van der Waals surface area contributed by atoms with Crippen molar-refractivity contribution in [1.29, 1.82) is 0 Å². The second kappa shape index (κ2) is 5.12. The highest BCUT2D eigenvalue weighted by atomic mass is 16.7. The SMILES string of the molecule is CCC(NC1C(=O)NOC1C)=C(C)C(C)=O. The summed E-state index contributed by atoms with van der Waals surface area (Å²) < 4.78 is 0. The first-order valence-electron chi connectivity index (χ1n) is 5.40. The van der Waals surface area contributed by atoms with Gasteiger partial charge in [-0.1, -0.05) is 6.92 Å². The summed E-state index contributed by atoms with van der Waals surface area (Å²) in [7, 11) is 0. The van der Waals surface area contributed by atoms with E-state index in [1.165, 1.54) is 6.92 Å². The van der Waals surface area contributed by atoms with E-state index in [1.54, 1.807) is 13.8 Å². The molecule has 0 saturated carbocycles. The van der Waals surface area contributed by atoms with Crippen LogP contribution in [0.4, 0.5) is 0 Å². The summed E-state index contributed by atoms with van der Waals surface area (Å²) >= 11 is 0. The lowest BCUT2D eigenvalue weighted by Gasteiger charge is -2.17. The van der Waals surface area contributed by atoms with Gasteiger partial charge in [-0.2, -0.15) is 0 Å². The standard InChI is InChI=1S/C11H18N2O3/c1-5-9(6(2)7(3)14)12-10-8(4)16-13-11(10)15/h8,10,12H,5H2,1-4H3,(H,13,15). The number of carbonyl (C=O) groups is 2. The summed E-state index contributed by atoms with van der Waals surface area (Å²) in [5, 5.41) is 3.07. The third-order valence-electron chi connectivity index (χ3n) is 2.76. The fourth-order valence-electron chi connectivity index (χ4n) is 1.55. The Bertz CT molecular complexity index is 336. The Morgan fingerprint density at radius 2 is 2.12 bits per heavy atom. The van der Waals surface area contributed by atoms with Gasteiger partial charge in [0.1, 0.15) is 12.1 Å². The van der Waals surface area contributed by atoms with Crippen molar-refractivity contribution in [2.24, 2.45) is 0 Å². The van der Waals surface area contributed by atoms with Crippen molar-refractivity contribution in [3.63, 3.8) is 0 Å². The first-order valence-corrected chi connectivity index (χ1v) is 5.40. The van der Waals surface area contributed by atoms with Crippen LogP contribution in [0.5, 0.6) is 0 Å². The zero-order chi connectivity index (χ0) is 12.3. The molecule has 1 heterocycles. The van der Waals surface area contributed by atoms with E-state index in [4.69, 9.17) is 4.84 Å². The van der Waals surface area contributed by atoms with E-state index in [-0.39, 0.29) is 17.8 Å². The van der Waals surface area contributed by atoms with Gasteiger partial charge in [0.15, 0.2) is 5.78 Å². The number of ketones is 1. The number of allylic oxidation sites excluding steroid dienone is 2. The lowest BCUT2D eigenvalue weighted by atomic mass is 10.1. The molecular weight excluding hydrogens is 208 g/mol. The Labute approximate surface area is 95.2 Å². The van der Waals surface area contributed by atoms with Crippen molar-refractivity contribution in [1.82, 2.24) is 10.8 Å². The van der Waals surface area contributed by atoms with Gasteiger partial charge in [-0.3, -0.25) is 14.4 Å². The molecule has 0 aromatic heterocycles. The lowest BCUT2D eigenvalue weighted by Crippen LogP contribution is -2.41. The molecule has 1 rings (SSSR count). The first kappa shape index (κ1) is 12.7. The van der Waals surface area contributed by atoms with Crippen LogP contribution in [0.25, 0.3) is 0 Å². The van der Waals surface area contributed by atoms with Crippen LogP contribution in [0.1, 0.15) is 34.1 Å². The van der Waals surface area contributed by atoms with Crippen LogP contribution in [-0.4, -0.2) is 23.8 Å². The molecule has 1 fully saturated rings. The monoisotopic (exact) mass is 226 g/mol. The molecule has 2 N–H and O–H groups in total. The smallest absolute Gasteiger partial charge is 0.268 e. The number of amides is 1. The Morgan fingerprint density at radius 3 is 2.50 bits per heavy atom. The molecule has 90 valence electrons. The van der Waals surface area contributed by atoms with Gasteiger partial charge in [0.05, 0.1) is 0 Å². The molecule has 0 radical (unpaired) electrons. The Morgan fingerprint density at radius 1 is 1.50 bits per heavy atom. The quantitative estimate of drug-likeness (QED) is 0.691. The third-order valence-corrected chi connectivity index (χ3v) is 2.76.